The molecule has 1 aromatic carbocycles. The zero-order valence-electron chi connectivity index (χ0n) is 13.2. The molecule has 114 valence electrons. The predicted octanol–water partition coefficient (Wildman–Crippen LogP) is 4.79. The molecule has 2 nitrogen and oxygen atoms in total. The van der Waals surface area contributed by atoms with Crippen molar-refractivity contribution < 1.29 is 9.53 Å². The third-order valence-corrected chi connectivity index (χ3v) is 4.35. The van der Waals surface area contributed by atoms with Gasteiger partial charge in [-0.3, -0.25) is 4.79 Å². The van der Waals surface area contributed by atoms with Crippen molar-refractivity contribution in [2.24, 2.45) is 0 Å². The van der Waals surface area contributed by atoms with Crippen LogP contribution in [0, 0.1) is 0 Å². The van der Waals surface area contributed by atoms with E-state index in [9.17, 15) is 4.79 Å². The summed E-state index contributed by atoms with van der Waals surface area (Å²) in [5.74, 6) is -0.144. The third-order valence-electron chi connectivity index (χ3n) is 4.35. The lowest BCUT2D eigenvalue weighted by molar-refractivity contribution is -0.143. The van der Waals surface area contributed by atoms with Crippen molar-refractivity contribution in [3.05, 3.63) is 47.5 Å². The van der Waals surface area contributed by atoms with Crippen LogP contribution in [0.2, 0.25) is 0 Å². The number of carbonyl (C=O) groups excluding carboxylic acids is 1. The summed E-state index contributed by atoms with van der Waals surface area (Å²) in [4.78, 5) is 12.2. The SMILES string of the molecule is CCCCCCCCC1=C[C@]1(C(=O)OC)c1ccccc1. The summed E-state index contributed by atoms with van der Waals surface area (Å²) in [7, 11) is 1.47. The van der Waals surface area contributed by atoms with Crippen LogP contribution in [-0.2, 0) is 14.9 Å². The summed E-state index contributed by atoms with van der Waals surface area (Å²) < 4.78 is 5.03. The average molecular weight is 286 g/mol. The average Bonchev–Trinajstić information content (AvgIpc) is 3.26. The van der Waals surface area contributed by atoms with Crippen molar-refractivity contribution in [1.29, 1.82) is 0 Å². The number of hydrogen-bond donors (Lipinski definition) is 0. The van der Waals surface area contributed by atoms with Gasteiger partial charge < -0.3 is 4.74 Å². The van der Waals surface area contributed by atoms with Crippen molar-refractivity contribution >= 4 is 5.97 Å². The van der Waals surface area contributed by atoms with Crippen LogP contribution in [0.4, 0.5) is 0 Å². The Hall–Kier alpha value is -1.57. The van der Waals surface area contributed by atoms with Crippen molar-refractivity contribution in [1.82, 2.24) is 0 Å². The number of hydrogen-bond acceptors (Lipinski definition) is 2. The minimum absolute atomic E-state index is 0.144. The molecule has 1 atom stereocenters. The third kappa shape index (κ3) is 3.55. The molecule has 0 bridgehead atoms. The predicted molar refractivity (Wildman–Crippen MR) is 86.2 cm³/mol. The zero-order valence-corrected chi connectivity index (χ0v) is 13.2. The molecule has 1 aliphatic carbocycles. The van der Waals surface area contributed by atoms with Gasteiger partial charge in [0.25, 0.3) is 0 Å². The fraction of sp³-hybridized carbons (Fsp3) is 0.526. The van der Waals surface area contributed by atoms with E-state index in [1.54, 1.807) is 0 Å². The Morgan fingerprint density at radius 3 is 2.38 bits per heavy atom. The van der Waals surface area contributed by atoms with Crippen LogP contribution in [0.25, 0.3) is 0 Å². The highest BCUT2D eigenvalue weighted by Crippen LogP contribution is 2.50. The van der Waals surface area contributed by atoms with Gasteiger partial charge in [-0.2, -0.15) is 0 Å². The van der Waals surface area contributed by atoms with Crippen molar-refractivity contribution in [3.8, 4) is 0 Å². The fourth-order valence-electron chi connectivity index (χ4n) is 3.03. The van der Waals surface area contributed by atoms with E-state index in [0.29, 0.717) is 0 Å². The van der Waals surface area contributed by atoms with E-state index >= 15 is 0 Å². The molecule has 0 unspecified atom stereocenters. The van der Waals surface area contributed by atoms with Gasteiger partial charge in [-0.05, 0) is 24.0 Å². The molecule has 21 heavy (non-hydrogen) atoms. The van der Waals surface area contributed by atoms with Crippen LogP contribution in [0.15, 0.2) is 42.0 Å². The minimum atomic E-state index is -0.556. The maximum Gasteiger partial charge on any atom is 0.324 e. The van der Waals surface area contributed by atoms with Gasteiger partial charge in [0, 0.05) is 0 Å². The molecule has 0 saturated carbocycles. The number of esters is 1. The van der Waals surface area contributed by atoms with Gasteiger partial charge in [-0.1, -0.05) is 75.4 Å². The van der Waals surface area contributed by atoms with Gasteiger partial charge in [0.1, 0.15) is 5.41 Å². The molecule has 0 fully saturated rings. The Kier molecular flexibility index (Phi) is 5.60. The molecule has 1 aromatic rings. The number of carbonyl (C=O) groups is 1. The fourth-order valence-corrected chi connectivity index (χ4v) is 3.03. The molecule has 0 aromatic heterocycles. The molecular formula is C19H26O2. The monoisotopic (exact) mass is 286 g/mol. The van der Waals surface area contributed by atoms with Crippen molar-refractivity contribution in [2.75, 3.05) is 7.11 Å². The summed E-state index contributed by atoms with van der Waals surface area (Å²) in [6, 6.07) is 9.97. The van der Waals surface area contributed by atoms with E-state index in [4.69, 9.17) is 4.74 Å². The van der Waals surface area contributed by atoms with Crippen LogP contribution >= 0.6 is 0 Å². The lowest BCUT2D eigenvalue weighted by atomic mass is 9.88. The second-order valence-corrected chi connectivity index (χ2v) is 5.85. The molecule has 0 amide bonds. The normalized spacial score (nSPS) is 20.0. The molecule has 0 spiro atoms. The Labute approximate surface area is 128 Å². The number of methoxy groups -OCH3 is 1. The summed E-state index contributed by atoms with van der Waals surface area (Å²) in [5, 5.41) is 0. The molecule has 0 heterocycles. The van der Waals surface area contributed by atoms with E-state index in [2.05, 4.69) is 13.0 Å². The molecule has 0 aliphatic heterocycles. The van der Waals surface area contributed by atoms with Crippen LogP contribution < -0.4 is 0 Å². The van der Waals surface area contributed by atoms with Gasteiger partial charge in [-0.15, -0.1) is 0 Å². The maximum absolute atomic E-state index is 12.2. The molecule has 0 radical (unpaired) electrons. The van der Waals surface area contributed by atoms with Crippen LogP contribution in [0.3, 0.4) is 0 Å². The molecule has 0 saturated heterocycles. The van der Waals surface area contributed by atoms with Gasteiger partial charge >= 0.3 is 5.97 Å². The molecule has 1 aliphatic rings. The zero-order chi connectivity index (χ0) is 15.1. The highest BCUT2D eigenvalue weighted by molar-refractivity contribution is 5.96. The summed E-state index contributed by atoms with van der Waals surface area (Å²) in [6.45, 7) is 2.24. The quantitative estimate of drug-likeness (QED) is 0.371. The number of rotatable bonds is 9. The molecular weight excluding hydrogens is 260 g/mol. The Balaban J connectivity index is 1.87. The van der Waals surface area contributed by atoms with Gasteiger partial charge in [0.2, 0.25) is 0 Å². The Bertz CT molecular complexity index is 490. The maximum atomic E-state index is 12.2. The lowest BCUT2D eigenvalue weighted by Crippen LogP contribution is -2.25. The van der Waals surface area contributed by atoms with E-state index < -0.39 is 5.41 Å². The van der Waals surface area contributed by atoms with Gasteiger partial charge in [0.15, 0.2) is 0 Å². The topological polar surface area (TPSA) is 26.3 Å². The van der Waals surface area contributed by atoms with Crippen molar-refractivity contribution in [3.63, 3.8) is 0 Å². The molecule has 2 heteroatoms. The van der Waals surface area contributed by atoms with Crippen LogP contribution in [-0.4, -0.2) is 13.1 Å². The summed E-state index contributed by atoms with van der Waals surface area (Å²) in [6.07, 6.45) is 10.8. The van der Waals surface area contributed by atoms with E-state index in [-0.39, 0.29) is 5.97 Å². The Morgan fingerprint density at radius 2 is 1.71 bits per heavy atom. The van der Waals surface area contributed by atoms with Gasteiger partial charge in [0.05, 0.1) is 7.11 Å². The highest BCUT2D eigenvalue weighted by Gasteiger charge is 2.52. The number of unbranched alkanes of at least 4 members (excludes halogenated alkanes) is 5. The summed E-state index contributed by atoms with van der Waals surface area (Å²) >= 11 is 0. The summed E-state index contributed by atoms with van der Waals surface area (Å²) in [5.41, 5.74) is 1.72. The minimum Gasteiger partial charge on any atom is -0.468 e. The lowest BCUT2D eigenvalue weighted by Gasteiger charge is -2.16. The largest absolute Gasteiger partial charge is 0.468 e. The molecule has 2 rings (SSSR count). The second kappa shape index (κ2) is 7.44. The first-order valence-electron chi connectivity index (χ1n) is 8.12. The number of benzene rings is 1. The van der Waals surface area contributed by atoms with Crippen LogP contribution in [0.5, 0.6) is 0 Å². The number of ether oxygens (including phenoxy) is 1. The first-order chi connectivity index (χ1) is 10.3. The van der Waals surface area contributed by atoms with E-state index in [1.807, 2.05) is 30.3 Å². The first kappa shape index (κ1) is 15.8. The first-order valence-corrected chi connectivity index (χ1v) is 8.12. The van der Waals surface area contributed by atoms with Crippen LogP contribution in [0.1, 0.15) is 57.4 Å². The highest BCUT2D eigenvalue weighted by atomic mass is 16.5. The van der Waals surface area contributed by atoms with Crippen molar-refractivity contribution in [2.45, 2.75) is 57.3 Å². The standard InChI is InChI=1S/C19H26O2/c1-3-4-5-6-7-9-14-17-15-19(17,18(20)21-2)16-12-10-8-11-13-16/h8,10-13,15H,3-7,9,14H2,1-2H3/t19-/m0/s1. The van der Waals surface area contributed by atoms with E-state index in [1.165, 1.54) is 51.2 Å². The van der Waals surface area contributed by atoms with E-state index in [0.717, 1.165) is 12.0 Å². The van der Waals surface area contributed by atoms with Gasteiger partial charge in [-0.25, -0.2) is 0 Å². The second-order valence-electron chi connectivity index (χ2n) is 5.85. The Morgan fingerprint density at radius 1 is 1.05 bits per heavy atom. The smallest absolute Gasteiger partial charge is 0.324 e. The molecule has 0 N–H and O–H groups in total.